The van der Waals surface area contributed by atoms with Crippen LogP contribution in [-0.4, -0.2) is 24.6 Å². The van der Waals surface area contributed by atoms with Gasteiger partial charge in [-0.05, 0) is 42.8 Å². The molecule has 2 aromatic rings. The Morgan fingerprint density at radius 1 is 1.23 bits per heavy atom. The van der Waals surface area contributed by atoms with Crippen LogP contribution in [0.25, 0.3) is 6.08 Å². The number of methoxy groups -OCH3 is 1. The summed E-state index contributed by atoms with van der Waals surface area (Å²) in [4.78, 5) is 15.7. The van der Waals surface area contributed by atoms with E-state index in [1.165, 1.54) is 6.08 Å². The summed E-state index contributed by atoms with van der Waals surface area (Å²) in [5.74, 6) is 1.11. The van der Waals surface area contributed by atoms with Gasteiger partial charge < -0.3 is 14.8 Å². The fraction of sp³-hybridized carbons (Fsp3) is 0.176. The molecule has 0 radical (unpaired) electrons. The first-order chi connectivity index (χ1) is 10.7. The summed E-state index contributed by atoms with van der Waals surface area (Å²) in [6.45, 7) is 2.45. The molecule has 0 spiro atoms. The van der Waals surface area contributed by atoms with Gasteiger partial charge >= 0.3 is 0 Å². The Morgan fingerprint density at radius 3 is 2.68 bits per heavy atom. The van der Waals surface area contributed by atoms with Crippen LogP contribution in [0.1, 0.15) is 12.5 Å². The second-order valence-corrected chi connectivity index (χ2v) is 4.40. The molecule has 1 aromatic carbocycles. The number of anilines is 1. The van der Waals surface area contributed by atoms with Gasteiger partial charge in [0.1, 0.15) is 0 Å². The molecule has 2 rings (SSSR count). The zero-order valence-electron chi connectivity index (χ0n) is 12.6. The van der Waals surface area contributed by atoms with Crippen LogP contribution >= 0.6 is 0 Å². The van der Waals surface area contributed by atoms with E-state index >= 15 is 0 Å². The van der Waals surface area contributed by atoms with Crippen molar-refractivity contribution in [3.63, 3.8) is 0 Å². The van der Waals surface area contributed by atoms with Gasteiger partial charge in [-0.1, -0.05) is 6.07 Å². The number of nitrogens with zero attached hydrogens (tertiary/aromatic N) is 1. The van der Waals surface area contributed by atoms with Crippen molar-refractivity contribution in [1.29, 1.82) is 0 Å². The highest BCUT2D eigenvalue weighted by Crippen LogP contribution is 2.28. The molecule has 1 N–H and O–H groups in total. The molecule has 0 aliphatic heterocycles. The van der Waals surface area contributed by atoms with Crippen LogP contribution in [0, 0.1) is 0 Å². The highest BCUT2D eigenvalue weighted by atomic mass is 16.5. The standard InChI is InChI=1S/C17H18N2O3/c1-3-22-16-12-13(4-6-15(16)21-2)5-7-17(20)19-14-8-10-18-11-9-14/h4-12H,3H2,1-2H3,(H,18,19,20)/b7-5+. The van der Waals surface area contributed by atoms with E-state index in [2.05, 4.69) is 10.3 Å². The second kappa shape index (κ2) is 7.83. The quantitative estimate of drug-likeness (QED) is 0.832. The summed E-state index contributed by atoms with van der Waals surface area (Å²) in [5.41, 5.74) is 1.56. The van der Waals surface area contributed by atoms with Crippen LogP contribution in [0.15, 0.2) is 48.8 Å². The van der Waals surface area contributed by atoms with E-state index in [1.54, 1.807) is 37.7 Å². The van der Waals surface area contributed by atoms with Gasteiger partial charge in [0.05, 0.1) is 13.7 Å². The molecule has 0 fully saturated rings. The van der Waals surface area contributed by atoms with Crippen LogP contribution in [0.3, 0.4) is 0 Å². The van der Waals surface area contributed by atoms with E-state index in [0.29, 0.717) is 23.8 Å². The Labute approximate surface area is 129 Å². The summed E-state index contributed by atoms with van der Waals surface area (Å²) in [5, 5.41) is 2.75. The number of carbonyl (C=O) groups excluding carboxylic acids is 1. The van der Waals surface area contributed by atoms with Crippen molar-refractivity contribution in [3.05, 3.63) is 54.4 Å². The largest absolute Gasteiger partial charge is 0.493 e. The fourth-order valence-corrected chi connectivity index (χ4v) is 1.86. The van der Waals surface area contributed by atoms with Crippen LogP contribution in [0.2, 0.25) is 0 Å². The maximum atomic E-state index is 11.8. The SMILES string of the molecule is CCOc1cc(/C=C/C(=O)Nc2ccncc2)ccc1OC. The van der Waals surface area contributed by atoms with Gasteiger partial charge in [0, 0.05) is 24.2 Å². The molecule has 1 amide bonds. The van der Waals surface area contributed by atoms with Crippen molar-refractivity contribution >= 4 is 17.7 Å². The van der Waals surface area contributed by atoms with Crippen molar-refractivity contribution in [3.8, 4) is 11.5 Å². The number of nitrogens with one attached hydrogen (secondary N) is 1. The molecule has 0 saturated heterocycles. The summed E-state index contributed by atoms with van der Waals surface area (Å²) < 4.78 is 10.7. The highest BCUT2D eigenvalue weighted by molar-refractivity contribution is 6.01. The third kappa shape index (κ3) is 4.34. The predicted octanol–water partition coefficient (Wildman–Crippen LogP) is 3.14. The van der Waals surface area contributed by atoms with Gasteiger partial charge in [0.15, 0.2) is 11.5 Å². The molecular weight excluding hydrogens is 280 g/mol. The van der Waals surface area contributed by atoms with E-state index in [1.807, 2.05) is 25.1 Å². The molecule has 0 unspecified atom stereocenters. The monoisotopic (exact) mass is 298 g/mol. The molecule has 0 aliphatic rings. The number of hydrogen-bond acceptors (Lipinski definition) is 4. The Hall–Kier alpha value is -2.82. The summed E-state index contributed by atoms with van der Waals surface area (Å²) >= 11 is 0. The molecule has 22 heavy (non-hydrogen) atoms. The molecule has 5 heteroatoms. The van der Waals surface area contributed by atoms with E-state index in [0.717, 1.165) is 5.56 Å². The molecule has 5 nitrogen and oxygen atoms in total. The topological polar surface area (TPSA) is 60.5 Å². The number of rotatable bonds is 6. The minimum atomic E-state index is -0.208. The van der Waals surface area contributed by atoms with Crippen molar-refractivity contribution in [2.75, 3.05) is 19.0 Å². The van der Waals surface area contributed by atoms with Crippen molar-refractivity contribution in [2.24, 2.45) is 0 Å². The average Bonchev–Trinajstić information content (AvgIpc) is 2.54. The van der Waals surface area contributed by atoms with Crippen molar-refractivity contribution < 1.29 is 14.3 Å². The first-order valence-electron chi connectivity index (χ1n) is 6.93. The highest BCUT2D eigenvalue weighted by Gasteiger charge is 2.04. The zero-order valence-corrected chi connectivity index (χ0v) is 12.6. The third-order valence-corrected chi connectivity index (χ3v) is 2.86. The molecule has 1 aromatic heterocycles. The van der Waals surface area contributed by atoms with E-state index in [4.69, 9.17) is 9.47 Å². The van der Waals surface area contributed by atoms with Crippen LogP contribution < -0.4 is 14.8 Å². The number of pyridine rings is 1. The lowest BCUT2D eigenvalue weighted by Gasteiger charge is -2.09. The first kappa shape index (κ1) is 15.6. The Balaban J connectivity index is 2.06. The van der Waals surface area contributed by atoms with Crippen molar-refractivity contribution in [1.82, 2.24) is 4.98 Å². The molecule has 0 aliphatic carbocycles. The number of carbonyl (C=O) groups is 1. The van der Waals surface area contributed by atoms with Gasteiger partial charge in [0.2, 0.25) is 5.91 Å². The maximum Gasteiger partial charge on any atom is 0.248 e. The van der Waals surface area contributed by atoms with Gasteiger partial charge in [-0.15, -0.1) is 0 Å². The number of benzene rings is 1. The Morgan fingerprint density at radius 2 is 2.00 bits per heavy atom. The average molecular weight is 298 g/mol. The third-order valence-electron chi connectivity index (χ3n) is 2.86. The van der Waals surface area contributed by atoms with Gasteiger partial charge in [-0.3, -0.25) is 9.78 Å². The van der Waals surface area contributed by atoms with E-state index in [9.17, 15) is 4.79 Å². The Bertz CT molecular complexity index is 654. The van der Waals surface area contributed by atoms with Gasteiger partial charge in [0.25, 0.3) is 0 Å². The smallest absolute Gasteiger partial charge is 0.248 e. The lowest BCUT2D eigenvalue weighted by molar-refractivity contribution is -0.111. The molecular formula is C17H18N2O3. The lowest BCUT2D eigenvalue weighted by Crippen LogP contribution is -2.07. The summed E-state index contributed by atoms with van der Waals surface area (Å²) in [6.07, 6.45) is 6.44. The molecule has 114 valence electrons. The summed E-state index contributed by atoms with van der Waals surface area (Å²) in [6, 6.07) is 8.96. The number of aromatic nitrogens is 1. The summed E-state index contributed by atoms with van der Waals surface area (Å²) in [7, 11) is 1.59. The minimum absolute atomic E-state index is 0.208. The molecule has 0 bridgehead atoms. The van der Waals surface area contributed by atoms with Crippen LogP contribution in [0.5, 0.6) is 11.5 Å². The van der Waals surface area contributed by atoms with Crippen molar-refractivity contribution in [2.45, 2.75) is 6.92 Å². The lowest BCUT2D eigenvalue weighted by atomic mass is 10.2. The van der Waals surface area contributed by atoms with E-state index in [-0.39, 0.29) is 5.91 Å². The molecule has 1 heterocycles. The van der Waals surface area contributed by atoms with Crippen LogP contribution in [0.4, 0.5) is 5.69 Å². The zero-order chi connectivity index (χ0) is 15.8. The molecule has 0 saturated carbocycles. The van der Waals surface area contributed by atoms with Crippen LogP contribution in [-0.2, 0) is 4.79 Å². The fourth-order valence-electron chi connectivity index (χ4n) is 1.86. The first-order valence-corrected chi connectivity index (χ1v) is 6.93. The Kier molecular flexibility index (Phi) is 5.54. The van der Waals surface area contributed by atoms with Gasteiger partial charge in [-0.2, -0.15) is 0 Å². The molecule has 0 atom stereocenters. The minimum Gasteiger partial charge on any atom is -0.493 e. The number of hydrogen-bond donors (Lipinski definition) is 1. The van der Waals surface area contributed by atoms with E-state index < -0.39 is 0 Å². The number of amides is 1. The second-order valence-electron chi connectivity index (χ2n) is 4.40. The van der Waals surface area contributed by atoms with Gasteiger partial charge in [-0.25, -0.2) is 0 Å². The maximum absolute atomic E-state index is 11.8. The number of ether oxygens (including phenoxy) is 2. The normalized spacial score (nSPS) is 10.5. The predicted molar refractivity (Wildman–Crippen MR) is 86.1 cm³/mol.